The highest BCUT2D eigenvalue weighted by atomic mass is 32.2. The van der Waals surface area contributed by atoms with Crippen molar-refractivity contribution in [1.29, 1.82) is 0 Å². The van der Waals surface area contributed by atoms with E-state index in [4.69, 9.17) is 4.74 Å². The summed E-state index contributed by atoms with van der Waals surface area (Å²) < 4.78 is 70.5. The molecule has 3 rings (SSSR count). The molecule has 0 saturated heterocycles. The van der Waals surface area contributed by atoms with Gasteiger partial charge in [0.15, 0.2) is 0 Å². The molecule has 1 unspecified atom stereocenters. The second kappa shape index (κ2) is 10.1. The first-order chi connectivity index (χ1) is 16.0. The van der Waals surface area contributed by atoms with E-state index in [0.29, 0.717) is 0 Å². The number of alkyl halides is 3. The molecule has 3 aromatic rings. The number of halogens is 3. The fourth-order valence-corrected chi connectivity index (χ4v) is 3.74. The standard InChI is InChI=1S/C23H19F3N2O5S/c1-27-34(31,32)19-12-5-9-16(13-19)22(30)33-20(15-7-3-2-4-8-15)21(29)28-18-11-6-10-17(14-18)23(24,25)26/h2-14,20,27H,1H3,(H,28,29). The molecule has 0 heterocycles. The fourth-order valence-electron chi connectivity index (χ4n) is 2.97. The second-order valence-electron chi connectivity index (χ2n) is 7.00. The number of benzene rings is 3. The lowest BCUT2D eigenvalue weighted by atomic mass is 10.1. The topological polar surface area (TPSA) is 102 Å². The molecule has 0 fully saturated rings. The predicted molar refractivity (Wildman–Crippen MR) is 117 cm³/mol. The monoisotopic (exact) mass is 492 g/mol. The maximum absolute atomic E-state index is 13.0. The van der Waals surface area contributed by atoms with Crippen LogP contribution in [0.5, 0.6) is 0 Å². The predicted octanol–water partition coefficient (Wildman–Crippen LogP) is 4.15. The number of hydrogen-bond acceptors (Lipinski definition) is 5. The molecule has 1 amide bonds. The van der Waals surface area contributed by atoms with Crippen molar-refractivity contribution in [2.75, 3.05) is 12.4 Å². The molecule has 0 bridgehead atoms. The molecule has 7 nitrogen and oxygen atoms in total. The largest absolute Gasteiger partial charge is 0.444 e. The number of anilines is 1. The lowest BCUT2D eigenvalue weighted by Gasteiger charge is -2.19. The van der Waals surface area contributed by atoms with Crippen molar-refractivity contribution in [2.45, 2.75) is 17.2 Å². The Balaban J connectivity index is 1.89. The third-order valence-corrected chi connectivity index (χ3v) is 6.08. The molecule has 34 heavy (non-hydrogen) atoms. The molecule has 2 N–H and O–H groups in total. The van der Waals surface area contributed by atoms with E-state index in [1.807, 2.05) is 0 Å². The number of carbonyl (C=O) groups is 2. The van der Waals surface area contributed by atoms with E-state index in [1.54, 1.807) is 18.2 Å². The van der Waals surface area contributed by atoms with Crippen LogP contribution >= 0.6 is 0 Å². The van der Waals surface area contributed by atoms with E-state index in [1.165, 1.54) is 43.4 Å². The number of nitrogens with one attached hydrogen (secondary N) is 2. The summed E-state index contributed by atoms with van der Waals surface area (Å²) >= 11 is 0. The number of rotatable bonds is 7. The zero-order valence-electron chi connectivity index (χ0n) is 17.7. The van der Waals surface area contributed by atoms with E-state index >= 15 is 0 Å². The summed E-state index contributed by atoms with van der Waals surface area (Å²) in [5.41, 5.74) is -0.969. The Morgan fingerprint density at radius 2 is 1.59 bits per heavy atom. The normalized spacial score (nSPS) is 12.6. The van der Waals surface area contributed by atoms with E-state index in [9.17, 15) is 31.2 Å². The summed E-state index contributed by atoms with van der Waals surface area (Å²) in [6.45, 7) is 0. The molecule has 0 radical (unpaired) electrons. The number of carbonyl (C=O) groups excluding carboxylic acids is 2. The first-order valence-electron chi connectivity index (χ1n) is 9.79. The first-order valence-corrected chi connectivity index (χ1v) is 11.3. The van der Waals surface area contributed by atoms with Gasteiger partial charge >= 0.3 is 12.1 Å². The molecule has 1 atom stereocenters. The molecular weight excluding hydrogens is 473 g/mol. The van der Waals surface area contributed by atoms with Gasteiger partial charge in [-0.3, -0.25) is 4.79 Å². The third kappa shape index (κ3) is 6.00. The van der Waals surface area contributed by atoms with Crippen molar-refractivity contribution in [3.63, 3.8) is 0 Å². The SMILES string of the molecule is CNS(=O)(=O)c1cccc(C(=O)OC(C(=O)Nc2cccc(C(F)(F)F)c2)c2ccccc2)c1. The van der Waals surface area contributed by atoms with Crippen LogP contribution in [0.25, 0.3) is 0 Å². The lowest BCUT2D eigenvalue weighted by molar-refractivity contribution is -0.137. The third-order valence-electron chi connectivity index (χ3n) is 4.67. The van der Waals surface area contributed by atoms with Gasteiger partial charge in [-0.05, 0) is 43.4 Å². The van der Waals surface area contributed by atoms with E-state index in [-0.39, 0.29) is 21.7 Å². The highest BCUT2D eigenvalue weighted by molar-refractivity contribution is 7.89. The van der Waals surface area contributed by atoms with Gasteiger partial charge in [-0.2, -0.15) is 13.2 Å². The molecule has 0 aliphatic carbocycles. The van der Waals surface area contributed by atoms with Crippen molar-refractivity contribution >= 4 is 27.6 Å². The number of amides is 1. The van der Waals surface area contributed by atoms with Crippen LogP contribution in [0.1, 0.15) is 27.6 Å². The van der Waals surface area contributed by atoms with Crippen molar-refractivity contribution in [2.24, 2.45) is 0 Å². The molecule has 0 saturated carbocycles. The number of hydrogen-bond donors (Lipinski definition) is 2. The second-order valence-corrected chi connectivity index (χ2v) is 8.89. The minimum absolute atomic E-state index is 0.135. The van der Waals surface area contributed by atoms with E-state index in [0.717, 1.165) is 24.3 Å². The average molecular weight is 492 g/mol. The molecule has 11 heteroatoms. The zero-order valence-corrected chi connectivity index (χ0v) is 18.5. The van der Waals surface area contributed by atoms with Crippen LogP contribution < -0.4 is 10.0 Å². The maximum Gasteiger partial charge on any atom is 0.416 e. The Morgan fingerprint density at radius 1 is 0.912 bits per heavy atom. The molecular formula is C23H19F3N2O5S. The average Bonchev–Trinajstić information content (AvgIpc) is 2.82. The Kier molecular flexibility index (Phi) is 7.38. The van der Waals surface area contributed by atoms with Gasteiger partial charge in [0.1, 0.15) is 0 Å². The molecule has 178 valence electrons. The van der Waals surface area contributed by atoms with Crippen molar-refractivity contribution in [3.8, 4) is 0 Å². The van der Waals surface area contributed by atoms with Crippen LogP contribution in [-0.4, -0.2) is 27.3 Å². The number of esters is 1. The Labute approximate surface area is 193 Å². The molecule has 0 aliphatic heterocycles. The van der Waals surface area contributed by atoms with Crippen molar-refractivity contribution < 1.29 is 35.9 Å². The quantitative estimate of drug-likeness (QED) is 0.483. The van der Waals surface area contributed by atoms with Gasteiger partial charge in [-0.1, -0.05) is 42.5 Å². The van der Waals surface area contributed by atoms with E-state index in [2.05, 4.69) is 10.0 Å². The van der Waals surface area contributed by atoms with Crippen LogP contribution in [0.2, 0.25) is 0 Å². The summed E-state index contributed by atoms with van der Waals surface area (Å²) in [4.78, 5) is 25.5. The van der Waals surface area contributed by atoms with Gasteiger partial charge in [0.25, 0.3) is 5.91 Å². The smallest absolute Gasteiger partial charge is 0.416 e. The van der Waals surface area contributed by atoms with Crippen LogP contribution in [0.4, 0.5) is 18.9 Å². The Bertz CT molecular complexity index is 1300. The summed E-state index contributed by atoms with van der Waals surface area (Å²) in [6, 6.07) is 16.9. The van der Waals surface area contributed by atoms with Gasteiger partial charge in [-0.15, -0.1) is 0 Å². The minimum Gasteiger partial charge on any atom is -0.444 e. The van der Waals surface area contributed by atoms with Crippen LogP contribution in [-0.2, 0) is 25.7 Å². The minimum atomic E-state index is -4.61. The van der Waals surface area contributed by atoms with Crippen LogP contribution in [0.3, 0.4) is 0 Å². The maximum atomic E-state index is 13.0. The number of ether oxygens (including phenoxy) is 1. The van der Waals surface area contributed by atoms with Gasteiger partial charge in [-0.25, -0.2) is 17.9 Å². The zero-order chi connectivity index (χ0) is 24.9. The fraction of sp³-hybridized carbons (Fsp3) is 0.130. The van der Waals surface area contributed by atoms with Crippen LogP contribution in [0, 0.1) is 0 Å². The Hall–Kier alpha value is -3.70. The van der Waals surface area contributed by atoms with Gasteiger partial charge in [0.05, 0.1) is 16.0 Å². The Morgan fingerprint density at radius 3 is 2.24 bits per heavy atom. The van der Waals surface area contributed by atoms with Crippen molar-refractivity contribution in [3.05, 3.63) is 95.6 Å². The summed E-state index contributed by atoms with van der Waals surface area (Å²) in [7, 11) is -2.62. The highest BCUT2D eigenvalue weighted by Crippen LogP contribution is 2.31. The first kappa shape index (κ1) is 24.9. The molecule has 0 spiro atoms. The van der Waals surface area contributed by atoms with Gasteiger partial charge < -0.3 is 10.1 Å². The summed E-state index contributed by atoms with van der Waals surface area (Å²) in [5, 5.41) is 2.33. The van der Waals surface area contributed by atoms with Gasteiger partial charge in [0, 0.05) is 11.3 Å². The molecule has 3 aromatic carbocycles. The highest BCUT2D eigenvalue weighted by Gasteiger charge is 2.31. The summed E-state index contributed by atoms with van der Waals surface area (Å²) in [5.74, 6) is -1.89. The van der Waals surface area contributed by atoms with E-state index < -0.39 is 39.7 Å². The number of sulfonamides is 1. The molecule has 0 aromatic heterocycles. The lowest BCUT2D eigenvalue weighted by Crippen LogP contribution is -2.26. The van der Waals surface area contributed by atoms with Crippen molar-refractivity contribution in [1.82, 2.24) is 4.72 Å². The molecule has 0 aliphatic rings. The van der Waals surface area contributed by atoms with Crippen LogP contribution in [0.15, 0.2) is 83.8 Å². The summed E-state index contributed by atoms with van der Waals surface area (Å²) in [6.07, 6.45) is -6.13. The van der Waals surface area contributed by atoms with Gasteiger partial charge in [0.2, 0.25) is 16.1 Å².